The minimum absolute atomic E-state index is 0.165. The van der Waals surface area contributed by atoms with Gasteiger partial charge in [0.05, 0.1) is 22.7 Å². The highest BCUT2D eigenvalue weighted by molar-refractivity contribution is 7.34. The van der Waals surface area contributed by atoms with Crippen LogP contribution in [-0.2, 0) is 0 Å². The molecule has 11 heteroatoms. The van der Waals surface area contributed by atoms with E-state index in [0.717, 1.165) is 124 Å². The van der Waals surface area contributed by atoms with Gasteiger partial charge in [-0.25, -0.2) is 0 Å². The topological polar surface area (TPSA) is 44.6 Å². The Morgan fingerprint density at radius 3 is 1.08 bits per heavy atom. The monoisotopic (exact) mass is 1200 g/mol. The van der Waals surface area contributed by atoms with Crippen LogP contribution in [-0.4, -0.2) is 13.4 Å². The van der Waals surface area contributed by atoms with Crippen molar-refractivity contribution in [2.75, 3.05) is 19.6 Å². The van der Waals surface area contributed by atoms with Gasteiger partial charge in [-0.15, -0.1) is 22.7 Å². The van der Waals surface area contributed by atoms with Crippen LogP contribution in [0.5, 0.6) is 23.0 Å². The minimum atomic E-state index is -0.165. The van der Waals surface area contributed by atoms with Crippen molar-refractivity contribution >= 4 is 178 Å². The number of furan rings is 1. The average Bonchev–Trinajstić information content (AvgIpc) is 1.14. The summed E-state index contributed by atoms with van der Waals surface area (Å²) in [6.07, 6.45) is 0. The van der Waals surface area contributed by atoms with Crippen molar-refractivity contribution in [3.05, 3.63) is 277 Å². The van der Waals surface area contributed by atoms with E-state index in [1.165, 1.54) is 63.4 Å². The third kappa shape index (κ3) is 7.75. The quantitative estimate of drug-likeness (QED) is 0.140. The van der Waals surface area contributed by atoms with Gasteiger partial charge in [-0.3, -0.25) is 0 Å². The summed E-state index contributed by atoms with van der Waals surface area (Å²) >= 11 is 3.77. The maximum Gasteiger partial charge on any atom is 0.268 e. The number of ether oxygens (including phenoxy) is 2. The Hall–Kier alpha value is -10.7. The fourth-order valence-corrected chi connectivity index (χ4v) is 17.8. The number of hydrogen-bond donors (Lipinski definition) is 0. The van der Waals surface area contributed by atoms with Crippen molar-refractivity contribution < 1.29 is 13.9 Å². The summed E-state index contributed by atoms with van der Waals surface area (Å²) in [5, 5.41) is 4.51. The molecule has 0 saturated carbocycles. The minimum Gasteiger partial charge on any atom is -0.458 e. The molecule has 0 saturated heterocycles. The molecule has 0 atom stereocenters. The maximum atomic E-state index is 7.50. The Morgan fingerprint density at radius 1 is 0.341 bits per heavy atom. The molecule has 0 fully saturated rings. The number of aryl methyl sites for hydroxylation is 4. The van der Waals surface area contributed by atoms with Crippen molar-refractivity contribution in [2.45, 2.75) is 27.7 Å². The van der Waals surface area contributed by atoms with Gasteiger partial charge in [0, 0.05) is 110 Å². The van der Waals surface area contributed by atoms with E-state index < -0.39 is 0 Å². The van der Waals surface area contributed by atoms with Crippen LogP contribution >= 0.6 is 22.7 Å². The molecule has 0 aliphatic carbocycles. The second-order valence-corrected chi connectivity index (χ2v) is 26.6. The molecular formula is C80H54B2N4O3S2. The molecule has 0 bridgehead atoms. The van der Waals surface area contributed by atoms with Crippen molar-refractivity contribution in [2.24, 2.45) is 0 Å². The Balaban J connectivity index is 0.845. The van der Waals surface area contributed by atoms with Crippen LogP contribution in [0.2, 0.25) is 0 Å². The van der Waals surface area contributed by atoms with Crippen LogP contribution in [0.25, 0.3) is 42.1 Å². The van der Waals surface area contributed by atoms with E-state index in [2.05, 4.69) is 302 Å². The van der Waals surface area contributed by atoms with Gasteiger partial charge >= 0.3 is 0 Å². The molecule has 3 aromatic heterocycles. The van der Waals surface area contributed by atoms with E-state index in [0.29, 0.717) is 0 Å². The van der Waals surface area contributed by atoms with E-state index >= 15 is 0 Å². The largest absolute Gasteiger partial charge is 0.458 e. The fraction of sp³-hybridized carbons (Fsp3) is 0.0500. The van der Waals surface area contributed by atoms with Crippen LogP contribution in [0.15, 0.2) is 259 Å². The SMILES string of the molecule is Cc1ccccc1N(c1cc2c3c(c1)N(c1ccccc1)c1c(sc4ccccc14)B3c1cc3c(cc1O2)oc1cc2c(cc13)B1c3sc4ccccc4c3N(c3ccccc3)c3cc(N(c4ccccc4C)c4ccccc4C)cc(c31)O2)c1ccccc1C. The molecule has 4 aliphatic rings. The van der Waals surface area contributed by atoms with Gasteiger partial charge < -0.3 is 33.5 Å². The predicted molar refractivity (Wildman–Crippen MR) is 385 cm³/mol. The number of rotatable bonds is 8. The van der Waals surface area contributed by atoms with Crippen molar-refractivity contribution in [3.63, 3.8) is 0 Å². The van der Waals surface area contributed by atoms with E-state index in [1.807, 2.05) is 22.7 Å². The molecule has 430 valence electrons. The molecule has 7 nitrogen and oxygen atoms in total. The molecule has 15 aromatic rings. The number of anilines is 12. The van der Waals surface area contributed by atoms with Gasteiger partial charge in [0.25, 0.3) is 13.4 Å². The molecule has 0 amide bonds. The van der Waals surface area contributed by atoms with E-state index in [1.54, 1.807) is 0 Å². The Bertz CT molecular complexity index is 5130. The molecule has 7 heterocycles. The summed E-state index contributed by atoms with van der Waals surface area (Å²) in [6.45, 7) is 8.46. The van der Waals surface area contributed by atoms with Crippen LogP contribution in [0.4, 0.5) is 68.2 Å². The maximum absolute atomic E-state index is 7.50. The zero-order valence-electron chi connectivity index (χ0n) is 50.2. The summed E-state index contributed by atoms with van der Waals surface area (Å²) in [6, 6.07) is 92.7. The van der Waals surface area contributed by atoms with E-state index in [4.69, 9.17) is 13.9 Å². The van der Waals surface area contributed by atoms with Gasteiger partial charge in [0.15, 0.2) is 0 Å². The Labute approximate surface area is 535 Å². The van der Waals surface area contributed by atoms with Crippen molar-refractivity contribution in [3.8, 4) is 23.0 Å². The van der Waals surface area contributed by atoms with Crippen LogP contribution < -0.4 is 60.5 Å². The molecule has 0 radical (unpaired) electrons. The van der Waals surface area contributed by atoms with Crippen LogP contribution in [0, 0.1) is 27.7 Å². The number of thiophene rings is 2. The Kier molecular flexibility index (Phi) is 11.4. The smallest absolute Gasteiger partial charge is 0.268 e. The molecule has 0 N–H and O–H groups in total. The van der Waals surface area contributed by atoms with Crippen molar-refractivity contribution in [1.29, 1.82) is 0 Å². The van der Waals surface area contributed by atoms with Crippen LogP contribution in [0.3, 0.4) is 0 Å². The second-order valence-electron chi connectivity index (χ2n) is 24.5. The number of hydrogen-bond acceptors (Lipinski definition) is 9. The highest BCUT2D eigenvalue weighted by atomic mass is 32.1. The third-order valence-corrected chi connectivity index (χ3v) is 21.6. The number of nitrogens with zero attached hydrogens (tertiary/aromatic N) is 4. The summed E-state index contributed by atoms with van der Waals surface area (Å²) < 4.78 is 27.2. The van der Waals surface area contributed by atoms with Gasteiger partial charge in [0.1, 0.15) is 34.2 Å². The lowest BCUT2D eigenvalue weighted by Gasteiger charge is -2.40. The molecule has 91 heavy (non-hydrogen) atoms. The lowest BCUT2D eigenvalue weighted by molar-refractivity contribution is 0.486. The zero-order valence-corrected chi connectivity index (χ0v) is 51.9. The Morgan fingerprint density at radius 2 is 0.692 bits per heavy atom. The van der Waals surface area contributed by atoms with E-state index in [-0.39, 0.29) is 13.4 Å². The average molecular weight is 1210 g/mol. The van der Waals surface area contributed by atoms with E-state index in [9.17, 15) is 0 Å². The first-order valence-corrected chi connectivity index (χ1v) is 32.7. The number of fused-ring (bicyclic) bond motifs is 15. The second kappa shape index (κ2) is 19.9. The fourth-order valence-electron chi connectivity index (χ4n) is 15.1. The summed E-state index contributed by atoms with van der Waals surface area (Å²) in [7, 11) is 0. The number of para-hydroxylation sites is 6. The molecule has 0 unspecified atom stereocenters. The molecule has 12 aromatic carbocycles. The van der Waals surface area contributed by atoms with Gasteiger partial charge in [0.2, 0.25) is 0 Å². The highest BCUT2D eigenvalue weighted by Crippen LogP contribution is 2.53. The lowest BCUT2D eigenvalue weighted by atomic mass is 9.36. The first-order valence-electron chi connectivity index (χ1n) is 31.1. The molecular weight excluding hydrogens is 1150 g/mol. The standard InChI is InChI=1S/C80H54B2N4O3S2/c1-47-23-11-17-33-61(47)83(62-34-18-12-24-48(62)2)53-39-65-75-71(41-53)88-69-45-67-57(43-59(69)81(75)79-77(55-31-15-21-37-73(55)90-79)85(65)51-27-7-5-8-28-51)58-44-60-70(46-68(58)87-67)89-72-42-54(84(63-35-19-13-25-49(63)3)64-36-20-14-26-50(64)4)40-66-76(72)82(60)80-78(56-32-16-22-38-74(56)91-80)86(66)52-29-9-6-10-30-52/h5-46H,1-4H3. The number of benzene rings is 12. The molecule has 0 spiro atoms. The van der Waals surface area contributed by atoms with Crippen molar-refractivity contribution in [1.82, 2.24) is 0 Å². The summed E-state index contributed by atoms with van der Waals surface area (Å²) in [5.74, 6) is 3.20. The lowest BCUT2D eigenvalue weighted by Crippen LogP contribution is -2.58. The van der Waals surface area contributed by atoms with Gasteiger partial charge in [-0.2, -0.15) is 0 Å². The normalized spacial score (nSPS) is 13.1. The first-order chi connectivity index (χ1) is 44.8. The predicted octanol–water partition coefficient (Wildman–Crippen LogP) is 19.0. The first kappa shape index (κ1) is 52.2. The highest BCUT2D eigenvalue weighted by Gasteiger charge is 2.48. The molecule has 4 aliphatic heterocycles. The van der Waals surface area contributed by atoms with Crippen LogP contribution in [0.1, 0.15) is 22.3 Å². The molecule has 19 rings (SSSR count). The van der Waals surface area contributed by atoms with Gasteiger partial charge in [-0.1, -0.05) is 158 Å². The summed E-state index contributed by atoms with van der Waals surface area (Å²) in [4.78, 5) is 9.81. The summed E-state index contributed by atoms with van der Waals surface area (Å²) in [5.41, 5.74) is 23.9. The van der Waals surface area contributed by atoms with Gasteiger partial charge in [-0.05, 0) is 145 Å². The third-order valence-electron chi connectivity index (χ3n) is 19.2. The zero-order chi connectivity index (χ0) is 60.3.